The van der Waals surface area contributed by atoms with Gasteiger partial charge in [-0.05, 0) is 71.5 Å². The highest BCUT2D eigenvalue weighted by Crippen LogP contribution is 2.21. The highest BCUT2D eigenvalue weighted by molar-refractivity contribution is 9.10. The summed E-state index contributed by atoms with van der Waals surface area (Å²) >= 11 is 8.56. The average Bonchev–Trinajstić information content (AvgIpc) is 2.50. The van der Waals surface area contributed by atoms with Crippen molar-refractivity contribution in [1.82, 2.24) is 5.32 Å². The molecule has 0 saturated heterocycles. The predicted molar refractivity (Wildman–Crippen MR) is 95.4 cm³/mol. The largest absolute Gasteiger partial charge is 0.494 e. The molecule has 0 heterocycles. The molecule has 2 rings (SSSR count). The number of carbonyl (C=O) groups is 1. The number of anilines is 1. The molecule has 0 spiro atoms. The number of ether oxygens (including phenoxy) is 1. The second-order valence-corrected chi connectivity index (χ2v) is 5.61. The Morgan fingerprint density at radius 2 is 1.86 bits per heavy atom. The fourth-order valence-corrected chi connectivity index (χ4v) is 2.35. The minimum Gasteiger partial charge on any atom is -0.494 e. The third-order valence-electron chi connectivity index (χ3n) is 2.78. The van der Waals surface area contributed by atoms with Gasteiger partial charge in [-0.1, -0.05) is 12.1 Å². The van der Waals surface area contributed by atoms with Gasteiger partial charge in [-0.25, -0.2) is 0 Å². The lowest BCUT2D eigenvalue weighted by molar-refractivity contribution is 0.0977. The number of para-hydroxylation sites is 1. The Labute approximate surface area is 143 Å². The monoisotopic (exact) mass is 378 g/mol. The number of thiocarbonyl (C=S) groups is 1. The van der Waals surface area contributed by atoms with Crippen molar-refractivity contribution < 1.29 is 9.53 Å². The summed E-state index contributed by atoms with van der Waals surface area (Å²) in [5, 5.41) is 5.86. The molecule has 1 amide bonds. The van der Waals surface area contributed by atoms with Gasteiger partial charge in [0, 0.05) is 10.0 Å². The van der Waals surface area contributed by atoms with Crippen molar-refractivity contribution in [3.8, 4) is 5.75 Å². The summed E-state index contributed by atoms with van der Waals surface area (Å²) in [7, 11) is 0. The van der Waals surface area contributed by atoms with Gasteiger partial charge in [0.1, 0.15) is 5.75 Å². The summed E-state index contributed by atoms with van der Waals surface area (Å²) in [5.74, 6) is 0.459. The Bertz CT molecular complexity index is 674. The van der Waals surface area contributed by atoms with Crippen LogP contribution in [0.3, 0.4) is 0 Å². The molecule has 2 aromatic rings. The van der Waals surface area contributed by atoms with Crippen LogP contribution < -0.4 is 15.4 Å². The van der Waals surface area contributed by atoms with Crippen molar-refractivity contribution in [2.75, 3.05) is 11.9 Å². The molecule has 22 heavy (non-hydrogen) atoms. The van der Waals surface area contributed by atoms with E-state index in [-0.39, 0.29) is 11.0 Å². The quantitative estimate of drug-likeness (QED) is 0.790. The third-order valence-corrected chi connectivity index (χ3v) is 3.67. The SMILES string of the molecule is CCOc1ccc(C(=O)NC(=S)Nc2ccccc2Br)cc1. The lowest BCUT2D eigenvalue weighted by atomic mass is 10.2. The number of hydrogen-bond acceptors (Lipinski definition) is 3. The molecule has 0 fully saturated rings. The molecule has 2 N–H and O–H groups in total. The van der Waals surface area contributed by atoms with Crippen LogP contribution in [0.1, 0.15) is 17.3 Å². The minimum absolute atomic E-state index is 0.241. The molecule has 0 atom stereocenters. The Morgan fingerprint density at radius 1 is 1.18 bits per heavy atom. The van der Waals surface area contributed by atoms with Crippen molar-refractivity contribution in [2.45, 2.75) is 6.92 Å². The smallest absolute Gasteiger partial charge is 0.257 e. The number of hydrogen-bond donors (Lipinski definition) is 2. The molecule has 0 radical (unpaired) electrons. The molecular formula is C16H15BrN2O2S. The van der Waals surface area contributed by atoms with Crippen molar-refractivity contribution in [3.63, 3.8) is 0 Å². The molecule has 0 aliphatic heterocycles. The summed E-state index contributed by atoms with van der Waals surface area (Å²) < 4.78 is 6.21. The zero-order valence-corrected chi connectivity index (χ0v) is 14.3. The number of rotatable bonds is 4. The molecule has 0 aliphatic carbocycles. The van der Waals surface area contributed by atoms with Crippen LogP contribution in [0.5, 0.6) is 5.75 Å². The van der Waals surface area contributed by atoms with Crippen LogP contribution in [0.4, 0.5) is 5.69 Å². The van der Waals surface area contributed by atoms with Crippen molar-refractivity contribution in [3.05, 3.63) is 58.6 Å². The summed E-state index contributed by atoms with van der Waals surface area (Å²) in [5.41, 5.74) is 1.30. The maximum atomic E-state index is 12.1. The van der Waals surface area contributed by atoms with Crippen LogP contribution in [0.15, 0.2) is 53.0 Å². The Kier molecular flexibility index (Phi) is 5.91. The van der Waals surface area contributed by atoms with E-state index in [1.54, 1.807) is 24.3 Å². The van der Waals surface area contributed by atoms with Crippen LogP contribution in [0, 0.1) is 0 Å². The van der Waals surface area contributed by atoms with E-state index < -0.39 is 0 Å². The first-order chi connectivity index (χ1) is 10.6. The Morgan fingerprint density at radius 3 is 2.50 bits per heavy atom. The number of nitrogens with one attached hydrogen (secondary N) is 2. The Balaban J connectivity index is 1.96. The van der Waals surface area contributed by atoms with E-state index in [0.717, 1.165) is 15.9 Å². The third kappa shape index (κ3) is 4.54. The van der Waals surface area contributed by atoms with E-state index in [1.165, 1.54) is 0 Å². The zero-order chi connectivity index (χ0) is 15.9. The lowest BCUT2D eigenvalue weighted by Gasteiger charge is -2.11. The molecule has 4 nitrogen and oxygen atoms in total. The molecule has 0 saturated carbocycles. The fraction of sp³-hybridized carbons (Fsp3) is 0.125. The van der Waals surface area contributed by atoms with Gasteiger partial charge in [0.25, 0.3) is 5.91 Å². The van der Waals surface area contributed by atoms with Gasteiger partial charge in [0.2, 0.25) is 0 Å². The van der Waals surface area contributed by atoms with E-state index in [2.05, 4.69) is 26.6 Å². The van der Waals surface area contributed by atoms with Gasteiger partial charge in [-0.3, -0.25) is 10.1 Å². The van der Waals surface area contributed by atoms with Crippen molar-refractivity contribution in [1.29, 1.82) is 0 Å². The molecule has 0 aliphatic rings. The van der Waals surface area contributed by atoms with Crippen LogP contribution in [-0.4, -0.2) is 17.6 Å². The Hall–Kier alpha value is -1.92. The first-order valence-corrected chi connectivity index (χ1v) is 7.90. The van der Waals surface area contributed by atoms with Gasteiger partial charge < -0.3 is 10.1 Å². The molecule has 0 unspecified atom stereocenters. The van der Waals surface area contributed by atoms with E-state index in [1.807, 2.05) is 31.2 Å². The van der Waals surface area contributed by atoms with E-state index in [9.17, 15) is 4.79 Å². The summed E-state index contributed by atoms with van der Waals surface area (Å²) in [4.78, 5) is 12.1. The molecule has 114 valence electrons. The summed E-state index contributed by atoms with van der Waals surface area (Å²) in [6.45, 7) is 2.50. The van der Waals surface area contributed by atoms with Crippen LogP contribution in [0.2, 0.25) is 0 Å². The summed E-state index contributed by atoms with van der Waals surface area (Å²) in [6.07, 6.45) is 0. The number of carbonyl (C=O) groups excluding carboxylic acids is 1. The van der Waals surface area contributed by atoms with Crippen LogP contribution in [0.25, 0.3) is 0 Å². The molecule has 2 aromatic carbocycles. The normalized spacial score (nSPS) is 9.91. The van der Waals surface area contributed by atoms with Crippen molar-refractivity contribution >= 4 is 44.9 Å². The number of benzene rings is 2. The lowest BCUT2D eigenvalue weighted by Crippen LogP contribution is -2.34. The van der Waals surface area contributed by atoms with E-state index in [4.69, 9.17) is 17.0 Å². The topological polar surface area (TPSA) is 50.4 Å². The molecular weight excluding hydrogens is 364 g/mol. The standard InChI is InChI=1S/C16H15BrN2O2S/c1-2-21-12-9-7-11(8-10-12)15(20)19-16(22)18-14-6-4-3-5-13(14)17/h3-10H,2H2,1H3,(H2,18,19,20,22). The van der Waals surface area contributed by atoms with Gasteiger partial charge in [0.05, 0.1) is 12.3 Å². The highest BCUT2D eigenvalue weighted by Gasteiger charge is 2.09. The van der Waals surface area contributed by atoms with Crippen LogP contribution in [-0.2, 0) is 0 Å². The second kappa shape index (κ2) is 7.91. The van der Waals surface area contributed by atoms with E-state index >= 15 is 0 Å². The highest BCUT2D eigenvalue weighted by atomic mass is 79.9. The van der Waals surface area contributed by atoms with Gasteiger partial charge in [-0.15, -0.1) is 0 Å². The number of halogens is 1. The molecule has 6 heteroatoms. The fourth-order valence-electron chi connectivity index (χ4n) is 1.76. The average molecular weight is 379 g/mol. The summed E-state index contributed by atoms with van der Waals surface area (Å²) in [6, 6.07) is 14.4. The number of amides is 1. The predicted octanol–water partition coefficient (Wildman–Crippen LogP) is 3.97. The maximum absolute atomic E-state index is 12.1. The zero-order valence-electron chi connectivity index (χ0n) is 11.9. The van der Waals surface area contributed by atoms with Gasteiger partial charge in [-0.2, -0.15) is 0 Å². The molecule has 0 aromatic heterocycles. The maximum Gasteiger partial charge on any atom is 0.257 e. The first-order valence-electron chi connectivity index (χ1n) is 6.70. The second-order valence-electron chi connectivity index (χ2n) is 4.35. The van der Waals surface area contributed by atoms with Gasteiger partial charge in [0.15, 0.2) is 5.11 Å². The molecule has 0 bridgehead atoms. The van der Waals surface area contributed by atoms with E-state index in [0.29, 0.717) is 12.2 Å². The van der Waals surface area contributed by atoms with Crippen LogP contribution >= 0.6 is 28.1 Å². The van der Waals surface area contributed by atoms with Gasteiger partial charge >= 0.3 is 0 Å². The minimum atomic E-state index is -0.271. The van der Waals surface area contributed by atoms with Crippen molar-refractivity contribution in [2.24, 2.45) is 0 Å². The first kappa shape index (κ1) is 16.5.